The van der Waals surface area contributed by atoms with E-state index in [4.69, 9.17) is 4.74 Å². The molecule has 2 N–H and O–H groups in total. The van der Waals surface area contributed by atoms with Crippen LogP contribution in [-0.2, 0) is 9.53 Å². The van der Waals surface area contributed by atoms with Crippen molar-refractivity contribution in [3.63, 3.8) is 0 Å². The monoisotopic (exact) mass is 502 g/mol. The lowest BCUT2D eigenvalue weighted by Gasteiger charge is -2.62. The minimum atomic E-state index is -1.03. The van der Waals surface area contributed by atoms with E-state index in [-0.39, 0.29) is 28.3 Å². The molecule has 206 valence electrons. The maximum absolute atomic E-state index is 11.8. The Kier molecular flexibility index (Phi) is 7.12. The summed E-state index contributed by atoms with van der Waals surface area (Å²) in [5.74, 6) is 1.61. The van der Waals surface area contributed by atoms with Crippen molar-refractivity contribution in [2.75, 3.05) is 0 Å². The fraction of sp³-hybridized carbons (Fsp3) is 0.906. The van der Waals surface area contributed by atoms with Gasteiger partial charge in [-0.05, 0) is 112 Å². The molecule has 4 aliphatic rings. The lowest BCUT2D eigenvalue weighted by Crippen LogP contribution is -2.55. The molecule has 0 saturated heterocycles. The van der Waals surface area contributed by atoms with E-state index in [9.17, 15) is 15.0 Å². The lowest BCUT2D eigenvalue weighted by molar-refractivity contribution is -0.167. The predicted molar refractivity (Wildman–Crippen MR) is 145 cm³/mol. The Morgan fingerprint density at radius 1 is 1.00 bits per heavy atom. The Balaban J connectivity index is 1.59. The van der Waals surface area contributed by atoms with E-state index in [0.29, 0.717) is 29.6 Å². The maximum atomic E-state index is 11.8. The number of carbonyl (C=O) groups excluding carboxylic acids is 1. The highest BCUT2D eigenvalue weighted by Crippen LogP contribution is 2.72. The molecule has 2 fully saturated rings. The fourth-order valence-electron chi connectivity index (χ4n) is 10.0. The van der Waals surface area contributed by atoms with E-state index in [2.05, 4.69) is 41.5 Å². The third-order valence-electron chi connectivity index (χ3n) is 12.5. The number of aliphatic hydroxyl groups excluding tert-OH is 1. The van der Waals surface area contributed by atoms with Crippen LogP contribution < -0.4 is 0 Å². The van der Waals surface area contributed by atoms with Crippen LogP contribution in [0.5, 0.6) is 0 Å². The number of rotatable bonds is 6. The topological polar surface area (TPSA) is 66.8 Å². The second kappa shape index (κ2) is 9.11. The van der Waals surface area contributed by atoms with Gasteiger partial charge in [0.1, 0.15) is 6.10 Å². The first-order valence-electron chi connectivity index (χ1n) is 14.8. The SMILES string of the molecule is CC(=O)O[C@@H]1CC[C@]2(C)C3=C(CC[C@@H]2C1(C)C)[C@]1(C)CC[C@H]([C@H](C)CC[C@@H](O)C(C)(C)O)[C@@]1(C)CC3. The van der Waals surface area contributed by atoms with Gasteiger partial charge in [-0.1, -0.05) is 52.7 Å². The van der Waals surface area contributed by atoms with Crippen LogP contribution in [0.2, 0.25) is 0 Å². The molecule has 2 saturated carbocycles. The highest BCUT2D eigenvalue weighted by Gasteiger charge is 2.63. The molecular weight excluding hydrogens is 448 g/mol. The van der Waals surface area contributed by atoms with Crippen molar-refractivity contribution in [2.24, 2.45) is 39.4 Å². The summed E-state index contributed by atoms with van der Waals surface area (Å²) >= 11 is 0. The Bertz CT molecular complexity index is 896. The number of fused-ring (bicyclic) bond motifs is 4. The summed E-state index contributed by atoms with van der Waals surface area (Å²) in [6, 6.07) is 0. The van der Waals surface area contributed by atoms with Gasteiger partial charge in [-0.15, -0.1) is 0 Å². The molecule has 0 heterocycles. The molecule has 0 amide bonds. The first-order valence-corrected chi connectivity index (χ1v) is 14.8. The Morgan fingerprint density at radius 3 is 2.28 bits per heavy atom. The van der Waals surface area contributed by atoms with Gasteiger partial charge in [0.25, 0.3) is 0 Å². The molecule has 8 atom stereocenters. The molecule has 4 heteroatoms. The number of esters is 1. The Labute approximate surface area is 220 Å². The number of aliphatic hydroxyl groups is 2. The van der Waals surface area contributed by atoms with E-state index < -0.39 is 11.7 Å². The Morgan fingerprint density at radius 2 is 1.67 bits per heavy atom. The molecule has 4 rings (SSSR count). The molecule has 4 nitrogen and oxygen atoms in total. The average Bonchev–Trinajstić information content (AvgIpc) is 3.04. The van der Waals surface area contributed by atoms with E-state index in [0.717, 1.165) is 19.3 Å². The number of carbonyl (C=O) groups is 1. The van der Waals surface area contributed by atoms with Crippen molar-refractivity contribution >= 4 is 5.97 Å². The number of allylic oxidation sites excluding steroid dienone is 2. The summed E-state index contributed by atoms with van der Waals surface area (Å²) in [7, 11) is 0. The van der Waals surface area contributed by atoms with Crippen LogP contribution in [0.15, 0.2) is 11.1 Å². The lowest BCUT2D eigenvalue weighted by atomic mass is 9.43. The molecule has 0 unspecified atom stereocenters. The largest absolute Gasteiger partial charge is 0.462 e. The molecule has 0 aliphatic heterocycles. The molecule has 0 aromatic rings. The minimum Gasteiger partial charge on any atom is -0.462 e. The standard InChI is InChI=1S/C32H54O4/c1-20(10-13-26(34)29(5,6)35)22-14-18-32(9)24-11-12-25-28(3,4)27(36-21(2)33)16-17-30(25,7)23(24)15-19-31(22,32)8/h20,22,25-27,34-35H,10-19H2,1-9H3/t20-,22-,25-,26-,27-,30-,31-,32+/m1/s1. The zero-order chi connectivity index (χ0) is 26.9. The normalized spacial score (nSPS) is 41.7. The van der Waals surface area contributed by atoms with Gasteiger partial charge in [0.2, 0.25) is 0 Å². The van der Waals surface area contributed by atoms with Crippen LogP contribution in [0, 0.1) is 39.4 Å². The second-order valence-corrected chi connectivity index (χ2v) is 15.0. The molecule has 0 aromatic carbocycles. The third kappa shape index (κ3) is 4.21. The summed E-state index contributed by atoms with van der Waals surface area (Å²) in [5, 5.41) is 20.6. The first-order chi connectivity index (χ1) is 16.5. The van der Waals surface area contributed by atoms with Crippen LogP contribution in [0.3, 0.4) is 0 Å². The zero-order valence-corrected chi connectivity index (χ0v) is 24.7. The van der Waals surface area contributed by atoms with Gasteiger partial charge < -0.3 is 14.9 Å². The van der Waals surface area contributed by atoms with Crippen molar-refractivity contribution in [3.05, 3.63) is 11.1 Å². The summed E-state index contributed by atoms with van der Waals surface area (Å²) in [5.41, 5.74) is 3.25. The zero-order valence-electron chi connectivity index (χ0n) is 24.7. The van der Waals surface area contributed by atoms with Gasteiger partial charge in [0, 0.05) is 12.3 Å². The number of hydrogen-bond acceptors (Lipinski definition) is 4. The van der Waals surface area contributed by atoms with Crippen molar-refractivity contribution in [3.8, 4) is 0 Å². The van der Waals surface area contributed by atoms with Gasteiger partial charge in [-0.3, -0.25) is 4.79 Å². The molecule has 0 spiro atoms. The molecule has 0 bridgehead atoms. The highest BCUT2D eigenvalue weighted by molar-refractivity contribution is 5.66. The van der Waals surface area contributed by atoms with Gasteiger partial charge in [-0.25, -0.2) is 0 Å². The van der Waals surface area contributed by atoms with Crippen molar-refractivity contribution in [2.45, 2.75) is 144 Å². The summed E-state index contributed by atoms with van der Waals surface area (Å²) in [6.45, 7) is 19.8. The van der Waals surface area contributed by atoms with Crippen LogP contribution in [0.4, 0.5) is 0 Å². The average molecular weight is 503 g/mol. The van der Waals surface area contributed by atoms with Gasteiger partial charge >= 0.3 is 5.97 Å². The number of hydrogen-bond donors (Lipinski definition) is 2. The molecule has 0 radical (unpaired) electrons. The van der Waals surface area contributed by atoms with E-state index >= 15 is 0 Å². The molecular formula is C32H54O4. The molecule has 0 aromatic heterocycles. The molecule has 36 heavy (non-hydrogen) atoms. The smallest absolute Gasteiger partial charge is 0.302 e. The van der Waals surface area contributed by atoms with Crippen LogP contribution in [0.25, 0.3) is 0 Å². The summed E-state index contributed by atoms with van der Waals surface area (Å²) < 4.78 is 5.85. The minimum absolute atomic E-state index is 0.00704. The quantitative estimate of drug-likeness (QED) is 0.297. The van der Waals surface area contributed by atoms with Crippen molar-refractivity contribution in [1.29, 1.82) is 0 Å². The maximum Gasteiger partial charge on any atom is 0.302 e. The van der Waals surface area contributed by atoms with E-state index in [1.807, 2.05) is 0 Å². The first kappa shape index (κ1) is 28.1. The molecule has 4 aliphatic carbocycles. The Hall–Kier alpha value is -0.870. The second-order valence-electron chi connectivity index (χ2n) is 15.0. The van der Waals surface area contributed by atoms with Gasteiger partial charge in [-0.2, -0.15) is 0 Å². The van der Waals surface area contributed by atoms with Crippen molar-refractivity contribution in [1.82, 2.24) is 0 Å². The number of ether oxygens (including phenoxy) is 1. The summed E-state index contributed by atoms with van der Waals surface area (Å²) in [4.78, 5) is 11.8. The third-order valence-corrected chi connectivity index (χ3v) is 12.5. The van der Waals surface area contributed by atoms with Gasteiger partial charge in [0.05, 0.1) is 11.7 Å². The van der Waals surface area contributed by atoms with Crippen LogP contribution >= 0.6 is 0 Å². The predicted octanol–water partition coefficient (Wildman–Crippen LogP) is 7.22. The van der Waals surface area contributed by atoms with E-state index in [1.54, 1.807) is 31.9 Å². The van der Waals surface area contributed by atoms with Crippen molar-refractivity contribution < 1.29 is 19.7 Å². The summed E-state index contributed by atoms with van der Waals surface area (Å²) in [6.07, 6.45) is 10.5. The van der Waals surface area contributed by atoms with Crippen LogP contribution in [-0.4, -0.2) is 34.0 Å². The van der Waals surface area contributed by atoms with Gasteiger partial charge in [0.15, 0.2) is 0 Å². The highest BCUT2D eigenvalue weighted by atomic mass is 16.5. The fourth-order valence-corrected chi connectivity index (χ4v) is 10.0. The van der Waals surface area contributed by atoms with Crippen LogP contribution in [0.1, 0.15) is 127 Å². The van der Waals surface area contributed by atoms with E-state index in [1.165, 1.54) is 38.5 Å².